The van der Waals surface area contributed by atoms with Crippen LogP contribution in [0.2, 0.25) is 0 Å². The Balaban J connectivity index is 2.11. The minimum atomic E-state index is 0.222. The van der Waals surface area contributed by atoms with Gasteiger partial charge in [0, 0.05) is 5.39 Å². The first-order valence-electron chi connectivity index (χ1n) is 4.86. The highest BCUT2D eigenvalue weighted by molar-refractivity contribution is 5.78. The van der Waals surface area contributed by atoms with E-state index in [1.807, 2.05) is 18.2 Å². The number of ether oxygens (including phenoxy) is 1. The van der Waals surface area contributed by atoms with Crippen LogP contribution in [0.15, 0.2) is 36.4 Å². The third kappa shape index (κ3) is 1.19. The minimum absolute atomic E-state index is 0.222. The van der Waals surface area contributed by atoms with Crippen LogP contribution in [0, 0.1) is 0 Å². The SMILES string of the molecule is C[C@@H]1O[C@@H]1c1ccc2ccccc2n1. The van der Waals surface area contributed by atoms with Gasteiger partial charge in [0.1, 0.15) is 6.10 Å². The Morgan fingerprint density at radius 1 is 1.14 bits per heavy atom. The van der Waals surface area contributed by atoms with E-state index < -0.39 is 0 Å². The van der Waals surface area contributed by atoms with Crippen molar-refractivity contribution >= 4 is 10.9 Å². The van der Waals surface area contributed by atoms with Crippen LogP contribution in [0.4, 0.5) is 0 Å². The Bertz CT molecular complexity index is 480. The number of hydrogen-bond donors (Lipinski definition) is 0. The summed E-state index contributed by atoms with van der Waals surface area (Å²) in [4.78, 5) is 4.56. The van der Waals surface area contributed by atoms with Gasteiger partial charge in [-0.25, -0.2) is 4.98 Å². The third-order valence-corrected chi connectivity index (χ3v) is 2.62. The number of hydrogen-bond acceptors (Lipinski definition) is 2. The molecule has 2 heterocycles. The summed E-state index contributed by atoms with van der Waals surface area (Å²) in [5.74, 6) is 0. The van der Waals surface area contributed by atoms with Crippen LogP contribution in [0.1, 0.15) is 18.7 Å². The quantitative estimate of drug-likeness (QED) is 0.638. The van der Waals surface area contributed by atoms with Crippen molar-refractivity contribution in [1.82, 2.24) is 4.98 Å². The number of pyridine rings is 1. The summed E-state index contributed by atoms with van der Waals surface area (Å²) in [5, 5.41) is 1.18. The van der Waals surface area contributed by atoms with Crippen molar-refractivity contribution in [2.45, 2.75) is 19.1 Å². The average Bonchev–Trinajstić information content (AvgIpc) is 2.95. The van der Waals surface area contributed by atoms with Gasteiger partial charge in [-0.3, -0.25) is 0 Å². The maximum Gasteiger partial charge on any atom is 0.126 e. The second kappa shape index (κ2) is 2.79. The number of aromatic nitrogens is 1. The molecule has 1 fully saturated rings. The summed E-state index contributed by atoms with van der Waals surface area (Å²) in [5.41, 5.74) is 2.10. The highest BCUT2D eigenvalue weighted by atomic mass is 16.6. The van der Waals surface area contributed by atoms with Crippen LogP contribution < -0.4 is 0 Å². The predicted octanol–water partition coefficient (Wildman–Crippen LogP) is 2.69. The standard InChI is InChI=1S/C12H11NO/c1-8-12(14-8)11-7-6-9-4-2-3-5-10(9)13-11/h2-8,12H,1H3/t8-,12-/m0/s1. The molecule has 3 rings (SSSR count). The first kappa shape index (κ1) is 7.94. The van der Waals surface area contributed by atoms with Gasteiger partial charge in [-0.05, 0) is 19.1 Å². The lowest BCUT2D eigenvalue weighted by Gasteiger charge is -1.98. The van der Waals surface area contributed by atoms with Crippen LogP contribution in [0.3, 0.4) is 0 Å². The molecule has 1 saturated heterocycles. The maximum absolute atomic E-state index is 5.39. The highest BCUT2D eigenvalue weighted by Crippen LogP contribution is 2.37. The molecule has 2 heteroatoms. The molecular formula is C12H11NO. The van der Waals surface area contributed by atoms with Gasteiger partial charge < -0.3 is 4.74 Å². The fraction of sp³-hybridized carbons (Fsp3) is 0.250. The molecule has 1 aliphatic heterocycles. The molecule has 1 aromatic carbocycles. The predicted molar refractivity (Wildman–Crippen MR) is 55.0 cm³/mol. The average molecular weight is 185 g/mol. The van der Waals surface area contributed by atoms with E-state index in [1.54, 1.807) is 0 Å². The fourth-order valence-corrected chi connectivity index (χ4v) is 1.74. The summed E-state index contributed by atoms with van der Waals surface area (Å²) in [6.07, 6.45) is 0.559. The second-order valence-electron chi connectivity index (χ2n) is 3.69. The Kier molecular flexibility index (Phi) is 1.58. The van der Waals surface area contributed by atoms with E-state index in [1.165, 1.54) is 5.39 Å². The van der Waals surface area contributed by atoms with Gasteiger partial charge in [0.25, 0.3) is 0 Å². The molecule has 1 aromatic heterocycles. The first-order valence-corrected chi connectivity index (χ1v) is 4.86. The molecule has 0 radical (unpaired) electrons. The molecule has 0 amide bonds. The first-order chi connectivity index (χ1) is 6.84. The smallest absolute Gasteiger partial charge is 0.126 e. The molecule has 2 atom stereocenters. The van der Waals surface area contributed by atoms with E-state index in [4.69, 9.17) is 4.74 Å². The number of benzene rings is 1. The normalized spacial score (nSPS) is 25.2. The summed E-state index contributed by atoms with van der Waals surface area (Å²) < 4.78 is 5.39. The van der Waals surface area contributed by atoms with Gasteiger partial charge in [-0.2, -0.15) is 0 Å². The zero-order valence-electron chi connectivity index (χ0n) is 7.97. The minimum Gasteiger partial charge on any atom is -0.363 e. The van der Waals surface area contributed by atoms with Gasteiger partial charge in [0.2, 0.25) is 0 Å². The van der Waals surface area contributed by atoms with Gasteiger partial charge in [-0.15, -0.1) is 0 Å². The van der Waals surface area contributed by atoms with Crippen LogP contribution in [-0.2, 0) is 4.74 Å². The topological polar surface area (TPSA) is 25.4 Å². The molecule has 0 saturated carbocycles. The number of epoxide rings is 1. The van der Waals surface area contributed by atoms with Crippen molar-refractivity contribution in [3.05, 3.63) is 42.1 Å². The zero-order chi connectivity index (χ0) is 9.54. The molecule has 0 spiro atoms. The lowest BCUT2D eigenvalue weighted by atomic mass is 10.1. The number of nitrogens with zero attached hydrogens (tertiary/aromatic N) is 1. The van der Waals surface area contributed by atoms with Crippen LogP contribution >= 0.6 is 0 Å². The number of rotatable bonds is 1. The number of para-hydroxylation sites is 1. The molecule has 0 aliphatic carbocycles. The summed E-state index contributed by atoms with van der Waals surface area (Å²) >= 11 is 0. The maximum atomic E-state index is 5.39. The van der Waals surface area contributed by atoms with Crippen LogP contribution in [-0.4, -0.2) is 11.1 Å². The largest absolute Gasteiger partial charge is 0.363 e. The van der Waals surface area contributed by atoms with Crippen molar-refractivity contribution in [2.24, 2.45) is 0 Å². The fourth-order valence-electron chi connectivity index (χ4n) is 1.74. The second-order valence-corrected chi connectivity index (χ2v) is 3.69. The van der Waals surface area contributed by atoms with Crippen molar-refractivity contribution in [3.63, 3.8) is 0 Å². The molecule has 1 aliphatic rings. The van der Waals surface area contributed by atoms with Crippen molar-refractivity contribution < 1.29 is 4.74 Å². The lowest BCUT2D eigenvalue weighted by molar-refractivity contribution is 0.380. The van der Waals surface area contributed by atoms with E-state index >= 15 is 0 Å². The monoisotopic (exact) mass is 185 g/mol. The van der Waals surface area contributed by atoms with Crippen molar-refractivity contribution in [1.29, 1.82) is 0 Å². The molecular weight excluding hydrogens is 174 g/mol. The number of fused-ring (bicyclic) bond motifs is 1. The Labute approximate surface area is 82.5 Å². The molecule has 0 N–H and O–H groups in total. The van der Waals surface area contributed by atoms with E-state index in [2.05, 4.69) is 30.1 Å². The van der Waals surface area contributed by atoms with Gasteiger partial charge in [-0.1, -0.05) is 24.3 Å². The molecule has 14 heavy (non-hydrogen) atoms. The van der Waals surface area contributed by atoms with E-state index in [0.717, 1.165) is 11.2 Å². The van der Waals surface area contributed by atoms with Gasteiger partial charge in [0.15, 0.2) is 0 Å². The third-order valence-electron chi connectivity index (χ3n) is 2.62. The van der Waals surface area contributed by atoms with E-state index in [0.29, 0.717) is 6.10 Å². The lowest BCUT2D eigenvalue weighted by Crippen LogP contribution is -1.89. The summed E-state index contributed by atoms with van der Waals surface area (Å²) in [6.45, 7) is 2.07. The molecule has 0 unspecified atom stereocenters. The Morgan fingerprint density at radius 2 is 1.93 bits per heavy atom. The molecule has 70 valence electrons. The van der Waals surface area contributed by atoms with E-state index in [-0.39, 0.29) is 6.10 Å². The van der Waals surface area contributed by atoms with Crippen LogP contribution in [0.5, 0.6) is 0 Å². The molecule has 2 aromatic rings. The Morgan fingerprint density at radius 3 is 2.71 bits per heavy atom. The molecule has 2 nitrogen and oxygen atoms in total. The van der Waals surface area contributed by atoms with Crippen molar-refractivity contribution in [3.8, 4) is 0 Å². The highest BCUT2D eigenvalue weighted by Gasteiger charge is 2.36. The zero-order valence-corrected chi connectivity index (χ0v) is 7.97. The van der Waals surface area contributed by atoms with Crippen molar-refractivity contribution in [2.75, 3.05) is 0 Å². The summed E-state index contributed by atoms with van der Waals surface area (Å²) in [6, 6.07) is 12.3. The summed E-state index contributed by atoms with van der Waals surface area (Å²) in [7, 11) is 0. The Hall–Kier alpha value is -1.41. The molecule has 0 bridgehead atoms. The van der Waals surface area contributed by atoms with E-state index in [9.17, 15) is 0 Å². The van der Waals surface area contributed by atoms with Gasteiger partial charge >= 0.3 is 0 Å². The van der Waals surface area contributed by atoms with Gasteiger partial charge in [0.05, 0.1) is 17.3 Å². The van der Waals surface area contributed by atoms with Crippen LogP contribution in [0.25, 0.3) is 10.9 Å².